The molecule has 1 aromatic heterocycles. The van der Waals surface area contributed by atoms with Crippen LogP contribution in [0.3, 0.4) is 0 Å². The number of nitrogens with zero attached hydrogens (tertiary/aromatic N) is 4. The Hall–Kier alpha value is -1.51. The summed E-state index contributed by atoms with van der Waals surface area (Å²) in [5.74, 6) is 0. The van der Waals surface area contributed by atoms with Gasteiger partial charge in [0.25, 0.3) is 0 Å². The number of anilines is 1. The maximum atomic E-state index is 12.6. The van der Waals surface area contributed by atoms with Crippen LogP contribution >= 0.6 is 11.3 Å². The number of aryl methyl sites for hydroxylation is 1. The Morgan fingerprint density at radius 3 is 2.43 bits per heavy atom. The van der Waals surface area contributed by atoms with Crippen molar-refractivity contribution in [2.75, 3.05) is 31.1 Å². The van der Waals surface area contributed by atoms with Crippen molar-refractivity contribution < 1.29 is 8.42 Å². The molecule has 0 spiro atoms. The van der Waals surface area contributed by atoms with Gasteiger partial charge >= 0.3 is 0 Å². The lowest BCUT2D eigenvalue weighted by atomic mass is 10.4. The third-order valence-electron chi connectivity index (χ3n) is 3.81. The fourth-order valence-corrected chi connectivity index (χ4v) is 4.98. The van der Waals surface area contributed by atoms with E-state index in [4.69, 9.17) is 0 Å². The first-order valence-electron chi connectivity index (χ1n) is 7.74. The summed E-state index contributed by atoms with van der Waals surface area (Å²) in [6, 6.07) is 8.60. The zero-order chi connectivity index (χ0) is 16.3. The zero-order valence-electron chi connectivity index (χ0n) is 13.1. The number of sulfonamides is 1. The lowest BCUT2D eigenvalue weighted by molar-refractivity contribution is 0.384. The number of aromatic nitrogens is 2. The summed E-state index contributed by atoms with van der Waals surface area (Å²) < 4.78 is 26.8. The second kappa shape index (κ2) is 6.94. The maximum absolute atomic E-state index is 12.6. The summed E-state index contributed by atoms with van der Waals surface area (Å²) in [5.41, 5.74) is 0. The molecule has 0 aliphatic carbocycles. The summed E-state index contributed by atoms with van der Waals surface area (Å²) >= 11 is 1.60. The minimum absolute atomic E-state index is 0.356. The van der Waals surface area contributed by atoms with Crippen LogP contribution in [-0.4, -0.2) is 49.1 Å². The van der Waals surface area contributed by atoms with E-state index in [0.29, 0.717) is 31.1 Å². The molecule has 0 atom stereocenters. The van der Waals surface area contributed by atoms with E-state index in [1.54, 1.807) is 39.9 Å². The molecular weight excluding hydrogens is 332 g/mol. The molecule has 2 aromatic rings. The summed E-state index contributed by atoms with van der Waals surface area (Å²) in [4.78, 5) is 2.47. The Bertz CT molecular complexity index is 738. The summed E-state index contributed by atoms with van der Waals surface area (Å²) in [5, 5.41) is 10.4. The van der Waals surface area contributed by atoms with E-state index in [2.05, 4.69) is 22.0 Å². The molecule has 8 heteroatoms. The topological polar surface area (TPSA) is 66.4 Å². The minimum atomic E-state index is -3.40. The van der Waals surface area contributed by atoms with Gasteiger partial charge in [0, 0.05) is 32.6 Å². The van der Waals surface area contributed by atoms with Gasteiger partial charge in [-0.3, -0.25) is 0 Å². The minimum Gasteiger partial charge on any atom is -0.344 e. The van der Waals surface area contributed by atoms with E-state index in [0.717, 1.165) is 23.0 Å². The van der Waals surface area contributed by atoms with Gasteiger partial charge in [0.15, 0.2) is 0 Å². The number of rotatable bonds is 5. The average molecular weight is 352 g/mol. The monoisotopic (exact) mass is 352 g/mol. The van der Waals surface area contributed by atoms with Crippen LogP contribution in [0.25, 0.3) is 0 Å². The highest BCUT2D eigenvalue weighted by Crippen LogP contribution is 2.24. The van der Waals surface area contributed by atoms with Crippen molar-refractivity contribution in [3.05, 3.63) is 35.3 Å². The summed E-state index contributed by atoms with van der Waals surface area (Å²) in [7, 11) is -3.40. The normalized spacial score (nSPS) is 16.7. The number of benzene rings is 1. The molecule has 0 radical (unpaired) electrons. The first-order chi connectivity index (χ1) is 11.1. The molecule has 2 heterocycles. The third kappa shape index (κ3) is 3.54. The Kier molecular flexibility index (Phi) is 4.93. The van der Waals surface area contributed by atoms with Gasteiger partial charge in [0.2, 0.25) is 15.2 Å². The van der Waals surface area contributed by atoms with E-state index < -0.39 is 10.0 Å². The van der Waals surface area contributed by atoms with Crippen LogP contribution in [0.15, 0.2) is 35.2 Å². The molecule has 0 bridgehead atoms. The molecular formula is C15H20N4O2S2. The first kappa shape index (κ1) is 16.4. The average Bonchev–Trinajstić information content (AvgIpc) is 3.05. The van der Waals surface area contributed by atoms with Crippen molar-refractivity contribution in [3.63, 3.8) is 0 Å². The van der Waals surface area contributed by atoms with Crippen molar-refractivity contribution in [3.8, 4) is 0 Å². The standard InChI is InChI=1S/C15H20N4O2S2/c1-2-6-14-16-17-15(22-14)18-9-11-19(12-10-18)23(20,21)13-7-4-3-5-8-13/h3-5,7-8H,2,6,9-12H2,1H3. The summed E-state index contributed by atoms with van der Waals surface area (Å²) in [6.45, 7) is 4.35. The summed E-state index contributed by atoms with van der Waals surface area (Å²) in [6.07, 6.45) is 2.00. The molecule has 0 unspecified atom stereocenters. The van der Waals surface area contributed by atoms with Crippen LogP contribution in [0, 0.1) is 0 Å². The van der Waals surface area contributed by atoms with Gasteiger partial charge in [-0.05, 0) is 18.6 Å². The Balaban J connectivity index is 1.66. The quantitative estimate of drug-likeness (QED) is 0.823. The Labute approximate surface area is 140 Å². The maximum Gasteiger partial charge on any atom is 0.243 e. The van der Waals surface area contributed by atoms with E-state index >= 15 is 0 Å². The molecule has 124 valence electrons. The lowest BCUT2D eigenvalue weighted by Crippen LogP contribution is -2.48. The van der Waals surface area contributed by atoms with Gasteiger partial charge in [0.05, 0.1) is 4.90 Å². The molecule has 1 saturated heterocycles. The van der Waals surface area contributed by atoms with Crippen LogP contribution in [0.1, 0.15) is 18.4 Å². The van der Waals surface area contributed by atoms with E-state index in [1.807, 2.05) is 6.07 Å². The number of piperazine rings is 1. The van der Waals surface area contributed by atoms with Gasteiger partial charge in [-0.2, -0.15) is 4.31 Å². The zero-order valence-corrected chi connectivity index (χ0v) is 14.7. The fourth-order valence-electron chi connectivity index (χ4n) is 2.55. The van der Waals surface area contributed by atoms with Crippen molar-refractivity contribution in [1.82, 2.24) is 14.5 Å². The molecule has 1 aliphatic heterocycles. The predicted octanol–water partition coefficient (Wildman–Crippen LogP) is 2.00. The van der Waals surface area contributed by atoms with E-state index in [1.165, 1.54) is 0 Å². The van der Waals surface area contributed by atoms with Gasteiger partial charge in [-0.15, -0.1) is 10.2 Å². The van der Waals surface area contributed by atoms with Gasteiger partial charge in [-0.25, -0.2) is 8.42 Å². The highest BCUT2D eigenvalue weighted by Gasteiger charge is 2.29. The third-order valence-corrected chi connectivity index (χ3v) is 6.77. The molecule has 3 rings (SSSR count). The van der Waals surface area contributed by atoms with Crippen molar-refractivity contribution in [1.29, 1.82) is 0 Å². The largest absolute Gasteiger partial charge is 0.344 e. The second-order valence-corrected chi connectivity index (χ2v) is 8.41. The van der Waals surface area contributed by atoms with E-state index in [-0.39, 0.29) is 0 Å². The highest BCUT2D eigenvalue weighted by molar-refractivity contribution is 7.89. The molecule has 23 heavy (non-hydrogen) atoms. The van der Waals surface area contributed by atoms with Crippen LogP contribution in [0.4, 0.5) is 5.13 Å². The molecule has 1 aromatic carbocycles. The van der Waals surface area contributed by atoms with Gasteiger partial charge in [0.1, 0.15) is 5.01 Å². The van der Waals surface area contributed by atoms with E-state index in [9.17, 15) is 8.42 Å². The molecule has 0 saturated carbocycles. The van der Waals surface area contributed by atoms with Crippen LogP contribution in [0.5, 0.6) is 0 Å². The molecule has 0 amide bonds. The molecule has 0 N–H and O–H groups in total. The predicted molar refractivity (Wildman–Crippen MR) is 91.3 cm³/mol. The van der Waals surface area contributed by atoms with Crippen molar-refractivity contribution >= 4 is 26.5 Å². The second-order valence-electron chi connectivity index (χ2n) is 5.43. The fraction of sp³-hybridized carbons (Fsp3) is 0.467. The SMILES string of the molecule is CCCc1nnc(N2CCN(S(=O)(=O)c3ccccc3)CC2)s1. The van der Waals surface area contributed by atoms with Crippen LogP contribution in [0.2, 0.25) is 0 Å². The highest BCUT2D eigenvalue weighted by atomic mass is 32.2. The van der Waals surface area contributed by atoms with Crippen LogP contribution in [-0.2, 0) is 16.4 Å². The van der Waals surface area contributed by atoms with Crippen molar-refractivity contribution in [2.24, 2.45) is 0 Å². The Morgan fingerprint density at radius 2 is 1.78 bits per heavy atom. The first-order valence-corrected chi connectivity index (χ1v) is 9.99. The number of hydrogen-bond donors (Lipinski definition) is 0. The Morgan fingerprint density at radius 1 is 1.09 bits per heavy atom. The number of hydrogen-bond acceptors (Lipinski definition) is 6. The lowest BCUT2D eigenvalue weighted by Gasteiger charge is -2.33. The smallest absolute Gasteiger partial charge is 0.243 e. The molecule has 1 fully saturated rings. The molecule has 1 aliphatic rings. The van der Waals surface area contributed by atoms with Crippen LogP contribution < -0.4 is 4.90 Å². The van der Waals surface area contributed by atoms with Crippen molar-refractivity contribution in [2.45, 2.75) is 24.7 Å². The van der Waals surface area contributed by atoms with Gasteiger partial charge < -0.3 is 4.90 Å². The molecule has 6 nitrogen and oxygen atoms in total. The van der Waals surface area contributed by atoms with Gasteiger partial charge in [-0.1, -0.05) is 36.5 Å².